The summed E-state index contributed by atoms with van der Waals surface area (Å²) < 4.78 is 5.20. The third-order valence-electron chi connectivity index (χ3n) is 2.71. The molecule has 0 aliphatic heterocycles. The Morgan fingerprint density at radius 1 is 1.00 bits per heavy atom. The monoisotopic (exact) mass is 478 g/mol. The molecular formula is C13H8I2N2S. The summed E-state index contributed by atoms with van der Waals surface area (Å²) in [5, 5.41) is 0. The van der Waals surface area contributed by atoms with Gasteiger partial charge >= 0.3 is 0 Å². The van der Waals surface area contributed by atoms with Crippen LogP contribution >= 0.6 is 57.4 Å². The van der Waals surface area contributed by atoms with Gasteiger partial charge in [0.2, 0.25) is 0 Å². The molecule has 3 aromatic rings. The molecule has 0 aliphatic carbocycles. The second-order valence-electron chi connectivity index (χ2n) is 3.91. The zero-order valence-corrected chi connectivity index (χ0v) is 14.3. The molecule has 1 heterocycles. The first kappa shape index (κ1) is 12.6. The van der Waals surface area contributed by atoms with E-state index in [1.165, 1.54) is 7.14 Å². The molecule has 18 heavy (non-hydrogen) atoms. The van der Waals surface area contributed by atoms with Crippen molar-refractivity contribution in [1.82, 2.24) is 9.55 Å². The number of H-pyrrole nitrogens is 1. The van der Waals surface area contributed by atoms with Crippen LogP contribution in [0.3, 0.4) is 0 Å². The van der Waals surface area contributed by atoms with Crippen molar-refractivity contribution < 1.29 is 0 Å². The lowest BCUT2D eigenvalue weighted by Gasteiger charge is -2.05. The van der Waals surface area contributed by atoms with Gasteiger partial charge in [0.25, 0.3) is 0 Å². The van der Waals surface area contributed by atoms with E-state index in [9.17, 15) is 0 Å². The zero-order chi connectivity index (χ0) is 12.7. The van der Waals surface area contributed by atoms with Crippen molar-refractivity contribution in [2.75, 3.05) is 0 Å². The average Bonchev–Trinajstić information content (AvgIpc) is 2.64. The topological polar surface area (TPSA) is 20.7 Å². The molecule has 2 nitrogen and oxygen atoms in total. The smallest absolute Gasteiger partial charge is 0.182 e. The normalized spacial score (nSPS) is 11.0. The Morgan fingerprint density at radius 2 is 1.78 bits per heavy atom. The molecule has 90 valence electrons. The molecule has 1 aromatic heterocycles. The van der Waals surface area contributed by atoms with Crippen LogP contribution in [0.15, 0.2) is 42.5 Å². The molecule has 0 unspecified atom stereocenters. The van der Waals surface area contributed by atoms with Gasteiger partial charge in [0.05, 0.1) is 11.0 Å². The first-order chi connectivity index (χ1) is 8.65. The molecule has 3 rings (SSSR count). The third kappa shape index (κ3) is 2.23. The molecule has 0 bridgehead atoms. The van der Waals surface area contributed by atoms with E-state index in [1.54, 1.807) is 0 Å². The number of hydrogen-bond donors (Lipinski definition) is 1. The molecule has 0 aliphatic rings. The molecule has 0 amide bonds. The van der Waals surface area contributed by atoms with Gasteiger partial charge in [-0.15, -0.1) is 0 Å². The van der Waals surface area contributed by atoms with Gasteiger partial charge in [-0.05, 0) is 93.8 Å². The van der Waals surface area contributed by atoms with Crippen LogP contribution in [-0.2, 0) is 0 Å². The minimum absolute atomic E-state index is 0.731. The predicted octanol–water partition coefficient (Wildman–Crippen LogP) is 4.90. The van der Waals surface area contributed by atoms with Crippen molar-refractivity contribution in [3.63, 3.8) is 0 Å². The van der Waals surface area contributed by atoms with Gasteiger partial charge in [0.15, 0.2) is 4.77 Å². The van der Waals surface area contributed by atoms with Gasteiger partial charge < -0.3 is 4.98 Å². The van der Waals surface area contributed by atoms with Crippen molar-refractivity contribution in [3.05, 3.63) is 54.4 Å². The number of aromatic amines is 1. The van der Waals surface area contributed by atoms with E-state index in [1.807, 2.05) is 6.07 Å². The van der Waals surface area contributed by atoms with Crippen molar-refractivity contribution in [2.24, 2.45) is 0 Å². The maximum absolute atomic E-state index is 5.42. The van der Waals surface area contributed by atoms with E-state index in [2.05, 4.69) is 91.1 Å². The summed E-state index contributed by atoms with van der Waals surface area (Å²) in [5.41, 5.74) is 3.28. The summed E-state index contributed by atoms with van der Waals surface area (Å²) in [5.74, 6) is 0. The largest absolute Gasteiger partial charge is 0.330 e. The van der Waals surface area contributed by atoms with E-state index in [-0.39, 0.29) is 0 Å². The molecule has 0 saturated heterocycles. The number of benzene rings is 2. The number of halogens is 2. The van der Waals surface area contributed by atoms with Gasteiger partial charge in [-0.25, -0.2) is 0 Å². The predicted molar refractivity (Wildman–Crippen MR) is 93.9 cm³/mol. The number of hydrogen-bond acceptors (Lipinski definition) is 1. The summed E-state index contributed by atoms with van der Waals surface area (Å²) >= 11 is 10.0. The lowest BCUT2D eigenvalue weighted by atomic mass is 10.3. The Kier molecular flexibility index (Phi) is 3.46. The maximum atomic E-state index is 5.42. The fourth-order valence-corrected chi connectivity index (χ4v) is 3.29. The molecule has 0 atom stereocenters. The van der Waals surface area contributed by atoms with Gasteiger partial charge in [-0.1, -0.05) is 6.07 Å². The SMILES string of the molecule is S=c1[nH]c2cc(I)ccc2n1-c1cccc(I)c1. The number of fused-ring (bicyclic) bond motifs is 1. The zero-order valence-electron chi connectivity index (χ0n) is 9.15. The van der Waals surface area contributed by atoms with Gasteiger partial charge in [0.1, 0.15) is 0 Å². The summed E-state index contributed by atoms with van der Waals surface area (Å²) in [6.45, 7) is 0. The van der Waals surface area contributed by atoms with Crippen LogP contribution < -0.4 is 0 Å². The molecular weight excluding hydrogens is 470 g/mol. The van der Waals surface area contributed by atoms with Crippen LogP contribution in [0.1, 0.15) is 0 Å². The van der Waals surface area contributed by atoms with Gasteiger partial charge in [-0.3, -0.25) is 4.57 Å². The van der Waals surface area contributed by atoms with Gasteiger partial charge in [0, 0.05) is 12.8 Å². The number of nitrogens with one attached hydrogen (secondary N) is 1. The van der Waals surface area contributed by atoms with Crippen LogP contribution in [-0.4, -0.2) is 9.55 Å². The number of imidazole rings is 1. The van der Waals surface area contributed by atoms with E-state index in [0.29, 0.717) is 0 Å². The van der Waals surface area contributed by atoms with Crippen LogP contribution in [0.4, 0.5) is 0 Å². The molecule has 0 saturated carbocycles. The molecule has 0 spiro atoms. The Morgan fingerprint density at radius 3 is 2.56 bits per heavy atom. The molecule has 0 radical (unpaired) electrons. The average molecular weight is 478 g/mol. The van der Waals surface area contributed by atoms with E-state index >= 15 is 0 Å². The van der Waals surface area contributed by atoms with Crippen LogP contribution in [0.5, 0.6) is 0 Å². The summed E-state index contributed by atoms with van der Waals surface area (Å²) in [4.78, 5) is 3.26. The minimum Gasteiger partial charge on any atom is -0.330 e. The first-order valence-corrected chi connectivity index (χ1v) is 7.88. The summed E-state index contributed by atoms with van der Waals surface area (Å²) in [7, 11) is 0. The van der Waals surface area contributed by atoms with Crippen LogP contribution in [0.2, 0.25) is 0 Å². The summed E-state index contributed by atoms with van der Waals surface area (Å²) in [6.07, 6.45) is 0. The highest BCUT2D eigenvalue weighted by Gasteiger charge is 2.06. The summed E-state index contributed by atoms with van der Waals surface area (Å²) in [6, 6.07) is 14.6. The van der Waals surface area contributed by atoms with Crippen LogP contribution in [0.25, 0.3) is 16.7 Å². The molecule has 0 fully saturated rings. The van der Waals surface area contributed by atoms with E-state index < -0.39 is 0 Å². The lowest BCUT2D eigenvalue weighted by Crippen LogP contribution is -1.94. The number of aromatic nitrogens is 2. The van der Waals surface area contributed by atoms with Crippen molar-refractivity contribution >= 4 is 68.4 Å². The third-order valence-corrected chi connectivity index (χ3v) is 4.34. The Balaban J connectivity index is 2.35. The van der Waals surface area contributed by atoms with Crippen molar-refractivity contribution in [1.29, 1.82) is 0 Å². The number of rotatable bonds is 1. The second-order valence-corrected chi connectivity index (χ2v) is 6.78. The fraction of sp³-hybridized carbons (Fsp3) is 0. The first-order valence-electron chi connectivity index (χ1n) is 5.31. The Hall–Kier alpha value is -0.410. The fourth-order valence-electron chi connectivity index (χ4n) is 1.96. The van der Waals surface area contributed by atoms with Crippen molar-refractivity contribution in [2.45, 2.75) is 0 Å². The number of nitrogens with zero attached hydrogens (tertiary/aromatic N) is 1. The molecule has 5 heteroatoms. The highest BCUT2D eigenvalue weighted by Crippen LogP contribution is 2.22. The standard InChI is InChI=1S/C13H8I2N2S/c14-8-2-1-3-10(6-8)17-12-5-4-9(15)7-11(12)16-13(17)18/h1-7H,(H,16,18). The Labute approximate surface area is 137 Å². The maximum Gasteiger partial charge on any atom is 0.182 e. The van der Waals surface area contributed by atoms with E-state index in [0.717, 1.165) is 21.5 Å². The van der Waals surface area contributed by atoms with E-state index in [4.69, 9.17) is 12.2 Å². The molecule has 1 N–H and O–H groups in total. The molecule has 2 aromatic carbocycles. The lowest BCUT2D eigenvalue weighted by molar-refractivity contribution is 1.06. The van der Waals surface area contributed by atoms with Crippen LogP contribution in [0, 0.1) is 11.9 Å². The van der Waals surface area contributed by atoms with Gasteiger partial charge in [-0.2, -0.15) is 0 Å². The highest BCUT2D eigenvalue weighted by atomic mass is 127. The quantitative estimate of drug-likeness (QED) is 0.390. The Bertz CT molecular complexity index is 789. The van der Waals surface area contributed by atoms with Crippen molar-refractivity contribution in [3.8, 4) is 5.69 Å². The highest BCUT2D eigenvalue weighted by molar-refractivity contribution is 14.1. The second kappa shape index (κ2) is 4.93. The minimum atomic E-state index is 0.731.